The SMILES string of the molecule is CNC(C)c1ccc(OCCSc2ccccc2)cc1F. The fourth-order valence-electron chi connectivity index (χ4n) is 1.94. The molecule has 0 saturated carbocycles. The summed E-state index contributed by atoms with van der Waals surface area (Å²) in [5, 5.41) is 3.03. The molecule has 2 aromatic carbocycles. The summed E-state index contributed by atoms with van der Waals surface area (Å²) in [4.78, 5) is 1.21. The van der Waals surface area contributed by atoms with Crippen LogP contribution in [0.4, 0.5) is 4.39 Å². The molecular weight excluding hydrogens is 285 g/mol. The Morgan fingerprint density at radius 3 is 2.62 bits per heavy atom. The van der Waals surface area contributed by atoms with Crippen LogP contribution in [0, 0.1) is 5.82 Å². The fraction of sp³-hybridized carbons (Fsp3) is 0.294. The quantitative estimate of drug-likeness (QED) is 0.609. The van der Waals surface area contributed by atoms with E-state index in [1.54, 1.807) is 17.8 Å². The van der Waals surface area contributed by atoms with Gasteiger partial charge in [-0.3, -0.25) is 0 Å². The van der Waals surface area contributed by atoms with Crippen molar-refractivity contribution < 1.29 is 9.13 Å². The van der Waals surface area contributed by atoms with Gasteiger partial charge in [0, 0.05) is 28.3 Å². The van der Waals surface area contributed by atoms with Gasteiger partial charge in [0.2, 0.25) is 0 Å². The molecule has 21 heavy (non-hydrogen) atoms. The zero-order chi connectivity index (χ0) is 15.1. The Bertz CT molecular complexity index is 562. The maximum absolute atomic E-state index is 13.9. The van der Waals surface area contributed by atoms with Crippen molar-refractivity contribution in [1.29, 1.82) is 0 Å². The van der Waals surface area contributed by atoms with Gasteiger partial charge in [0.1, 0.15) is 11.6 Å². The Kier molecular flexibility index (Phi) is 6.08. The maximum Gasteiger partial charge on any atom is 0.131 e. The lowest BCUT2D eigenvalue weighted by Crippen LogP contribution is -2.14. The van der Waals surface area contributed by atoms with Gasteiger partial charge in [0.25, 0.3) is 0 Å². The van der Waals surface area contributed by atoms with Gasteiger partial charge >= 0.3 is 0 Å². The Balaban J connectivity index is 1.82. The molecule has 1 N–H and O–H groups in total. The molecule has 0 radical (unpaired) electrons. The molecule has 2 nitrogen and oxygen atoms in total. The minimum atomic E-state index is -0.231. The van der Waals surface area contributed by atoms with Crippen LogP contribution in [0.15, 0.2) is 53.4 Å². The number of thioether (sulfide) groups is 1. The van der Waals surface area contributed by atoms with E-state index >= 15 is 0 Å². The van der Waals surface area contributed by atoms with Crippen LogP contribution in [0.2, 0.25) is 0 Å². The minimum absolute atomic E-state index is 0.00677. The van der Waals surface area contributed by atoms with Crippen molar-refractivity contribution in [2.45, 2.75) is 17.9 Å². The van der Waals surface area contributed by atoms with Crippen molar-refractivity contribution in [3.63, 3.8) is 0 Å². The predicted octanol–water partition coefficient (Wildman–Crippen LogP) is 4.28. The monoisotopic (exact) mass is 305 g/mol. The second-order valence-corrected chi connectivity index (χ2v) is 5.87. The molecule has 0 aliphatic carbocycles. The van der Waals surface area contributed by atoms with Gasteiger partial charge < -0.3 is 10.1 Å². The van der Waals surface area contributed by atoms with Gasteiger partial charge in [-0.15, -0.1) is 11.8 Å². The first-order valence-electron chi connectivity index (χ1n) is 6.98. The van der Waals surface area contributed by atoms with Crippen molar-refractivity contribution in [2.75, 3.05) is 19.4 Å². The van der Waals surface area contributed by atoms with Gasteiger partial charge in [-0.1, -0.05) is 24.3 Å². The first-order chi connectivity index (χ1) is 10.2. The van der Waals surface area contributed by atoms with Crippen LogP contribution < -0.4 is 10.1 Å². The van der Waals surface area contributed by atoms with E-state index in [1.165, 1.54) is 11.0 Å². The lowest BCUT2D eigenvalue weighted by molar-refractivity contribution is 0.341. The van der Waals surface area contributed by atoms with E-state index in [0.717, 1.165) is 5.75 Å². The molecular formula is C17H20FNOS. The Morgan fingerprint density at radius 1 is 1.19 bits per heavy atom. The van der Waals surface area contributed by atoms with Crippen molar-refractivity contribution in [2.24, 2.45) is 0 Å². The van der Waals surface area contributed by atoms with Crippen LogP contribution in [0.25, 0.3) is 0 Å². The topological polar surface area (TPSA) is 21.3 Å². The summed E-state index contributed by atoms with van der Waals surface area (Å²) in [6, 6.07) is 15.2. The summed E-state index contributed by atoms with van der Waals surface area (Å²) in [6.45, 7) is 2.48. The highest BCUT2D eigenvalue weighted by molar-refractivity contribution is 7.99. The van der Waals surface area contributed by atoms with E-state index in [9.17, 15) is 4.39 Å². The summed E-state index contributed by atoms with van der Waals surface area (Å²) in [5.41, 5.74) is 0.656. The molecule has 0 aliphatic rings. The van der Waals surface area contributed by atoms with Crippen LogP contribution in [0.5, 0.6) is 5.75 Å². The second kappa shape index (κ2) is 8.05. The molecule has 0 saturated heterocycles. The standard InChI is InChI=1S/C17H20FNOS/c1-13(19-2)16-9-8-14(12-17(16)18)20-10-11-21-15-6-4-3-5-7-15/h3-9,12-13,19H,10-11H2,1-2H3. The molecule has 1 atom stereocenters. The minimum Gasteiger partial charge on any atom is -0.493 e. The van der Waals surface area contributed by atoms with E-state index < -0.39 is 0 Å². The fourth-order valence-corrected chi connectivity index (χ4v) is 2.69. The molecule has 0 heterocycles. The second-order valence-electron chi connectivity index (χ2n) is 4.70. The highest BCUT2D eigenvalue weighted by Crippen LogP contribution is 2.22. The van der Waals surface area contributed by atoms with Crippen molar-refractivity contribution in [3.05, 3.63) is 59.9 Å². The van der Waals surface area contributed by atoms with Crippen LogP contribution in [0.3, 0.4) is 0 Å². The molecule has 2 aromatic rings. The molecule has 1 unspecified atom stereocenters. The van der Waals surface area contributed by atoms with Crippen LogP contribution >= 0.6 is 11.8 Å². The Hall–Kier alpha value is -1.52. The molecule has 0 spiro atoms. The van der Waals surface area contributed by atoms with Crippen LogP contribution in [0.1, 0.15) is 18.5 Å². The van der Waals surface area contributed by atoms with Gasteiger partial charge in [-0.05, 0) is 32.2 Å². The number of nitrogens with one attached hydrogen (secondary N) is 1. The summed E-state index contributed by atoms with van der Waals surface area (Å²) in [6.07, 6.45) is 0. The average molecular weight is 305 g/mol. The molecule has 2 rings (SSSR count). The highest BCUT2D eigenvalue weighted by atomic mass is 32.2. The first-order valence-corrected chi connectivity index (χ1v) is 7.96. The number of rotatable bonds is 7. The van der Waals surface area contributed by atoms with E-state index in [4.69, 9.17) is 4.74 Å². The smallest absolute Gasteiger partial charge is 0.131 e. The highest BCUT2D eigenvalue weighted by Gasteiger charge is 2.09. The molecule has 112 valence electrons. The molecule has 0 amide bonds. The number of hydrogen-bond acceptors (Lipinski definition) is 3. The third-order valence-electron chi connectivity index (χ3n) is 3.24. The van der Waals surface area contributed by atoms with Gasteiger partial charge in [-0.2, -0.15) is 0 Å². The van der Waals surface area contributed by atoms with E-state index in [1.807, 2.05) is 38.2 Å². The zero-order valence-electron chi connectivity index (χ0n) is 12.3. The van der Waals surface area contributed by atoms with Gasteiger partial charge in [-0.25, -0.2) is 4.39 Å². The third-order valence-corrected chi connectivity index (χ3v) is 4.21. The largest absolute Gasteiger partial charge is 0.493 e. The molecule has 0 bridgehead atoms. The average Bonchev–Trinajstić information content (AvgIpc) is 2.52. The van der Waals surface area contributed by atoms with Crippen LogP contribution in [-0.4, -0.2) is 19.4 Å². The van der Waals surface area contributed by atoms with Crippen molar-refractivity contribution in [3.8, 4) is 5.75 Å². The van der Waals surface area contributed by atoms with Crippen molar-refractivity contribution >= 4 is 11.8 Å². The Labute approximate surface area is 129 Å². The van der Waals surface area contributed by atoms with E-state index in [0.29, 0.717) is 17.9 Å². The predicted molar refractivity (Wildman–Crippen MR) is 86.5 cm³/mol. The molecule has 0 fully saturated rings. The number of halogens is 1. The van der Waals surface area contributed by atoms with Gasteiger partial charge in [0.15, 0.2) is 0 Å². The van der Waals surface area contributed by atoms with Crippen LogP contribution in [-0.2, 0) is 0 Å². The van der Waals surface area contributed by atoms with Crippen molar-refractivity contribution in [1.82, 2.24) is 5.32 Å². The van der Waals surface area contributed by atoms with E-state index in [2.05, 4.69) is 17.4 Å². The lowest BCUT2D eigenvalue weighted by Gasteiger charge is -2.13. The first kappa shape index (κ1) is 15.9. The Morgan fingerprint density at radius 2 is 1.95 bits per heavy atom. The molecule has 4 heteroatoms. The maximum atomic E-state index is 13.9. The molecule has 0 aromatic heterocycles. The van der Waals surface area contributed by atoms with E-state index in [-0.39, 0.29) is 11.9 Å². The number of benzene rings is 2. The lowest BCUT2D eigenvalue weighted by atomic mass is 10.1. The van der Waals surface area contributed by atoms with Gasteiger partial charge in [0.05, 0.1) is 6.61 Å². The normalized spacial score (nSPS) is 12.1. The zero-order valence-corrected chi connectivity index (χ0v) is 13.1. The summed E-state index contributed by atoms with van der Waals surface area (Å²) >= 11 is 1.73. The number of hydrogen-bond donors (Lipinski definition) is 1. The third kappa shape index (κ3) is 4.76. The summed E-state index contributed by atoms with van der Waals surface area (Å²) in [7, 11) is 1.81. The summed E-state index contributed by atoms with van der Waals surface area (Å²) < 4.78 is 19.5. The summed E-state index contributed by atoms with van der Waals surface area (Å²) in [5.74, 6) is 1.18. The number of ether oxygens (including phenoxy) is 1. The molecule has 0 aliphatic heterocycles.